The standard InChI is InChI=1S/C14H16N2O2S2/c1-9-4-6-20-12(9)7-11-13(17)16(14(19)15-11)8-10-3-2-5-18-10/h4,6-7,10H,2-3,5,8H2,1H3,(H,15,19)/b11-7+. The monoisotopic (exact) mass is 308 g/mol. The van der Waals surface area contributed by atoms with Crippen LogP contribution in [0.2, 0.25) is 0 Å². The lowest BCUT2D eigenvalue weighted by Gasteiger charge is -2.18. The van der Waals surface area contributed by atoms with Crippen molar-refractivity contribution in [2.75, 3.05) is 13.2 Å². The van der Waals surface area contributed by atoms with Crippen molar-refractivity contribution in [1.82, 2.24) is 10.2 Å². The normalized spacial score (nSPS) is 24.8. The molecule has 3 heterocycles. The number of hydrogen-bond acceptors (Lipinski definition) is 4. The van der Waals surface area contributed by atoms with Crippen LogP contribution in [0.3, 0.4) is 0 Å². The van der Waals surface area contributed by atoms with E-state index in [1.165, 1.54) is 5.56 Å². The zero-order valence-electron chi connectivity index (χ0n) is 11.2. The smallest absolute Gasteiger partial charge is 0.276 e. The van der Waals surface area contributed by atoms with Gasteiger partial charge in [-0.05, 0) is 55.1 Å². The fourth-order valence-corrected chi connectivity index (χ4v) is 3.52. The maximum atomic E-state index is 12.4. The Bertz CT molecular complexity index is 573. The number of carbonyl (C=O) groups is 1. The van der Waals surface area contributed by atoms with Gasteiger partial charge in [0.2, 0.25) is 0 Å². The molecular weight excluding hydrogens is 292 g/mol. The summed E-state index contributed by atoms with van der Waals surface area (Å²) in [4.78, 5) is 15.1. The molecule has 1 atom stereocenters. The number of carbonyl (C=O) groups excluding carboxylic acids is 1. The minimum absolute atomic E-state index is 0.0571. The van der Waals surface area contributed by atoms with Gasteiger partial charge in [-0.15, -0.1) is 11.3 Å². The summed E-state index contributed by atoms with van der Waals surface area (Å²) >= 11 is 6.88. The third-order valence-corrected chi connectivity index (χ3v) is 4.84. The summed E-state index contributed by atoms with van der Waals surface area (Å²) in [5.74, 6) is -0.0571. The number of hydrogen-bond donors (Lipinski definition) is 1. The van der Waals surface area contributed by atoms with Gasteiger partial charge in [0.15, 0.2) is 5.11 Å². The van der Waals surface area contributed by atoms with Gasteiger partial charge in [0.25, 0.3) is 5.91 Å². The van der Waals surface area contributed by atoms with Crippen molar-refractivity contribution in [3.63, 3.8) is 0 Å². The predicted molar refractivity (Wildman–Crippen MR) is 83.5 cm³/mol. The van der Waals surface area contributed by atoms with Crippen LogP contribution in [0.25, 0.3) is 6.08 Å². The van der Waals surface area contributed by atoms with E-state index >= 15 is 0 Å². The molecule has 106 valence electrons. The van der Waals surface area contributed by atoms with Crippen LogP contribution in [0, 0.1) is 6.92 Å². The van der Waals surface area contributed by atoms with Gasteiger partial charge in [0.05, 0.1) is 12.6 Å². The average Bonchev–Trinajstić information content (AvgIpc) is 3.11. The molecule has 1 aromatic heterocycles. The quantitative estimate of drug-likeness (QED) is 0.687. The number of thiophene rings is 1. The second-order valence-electron chi connectivity index (χ2n) is 5.01. The zero-order valence-corrected chi connectivity index (χ0v) is 12.9. The molecule has 0 radical (unpaired) electrons. The van der Waals surface area contributed by atoms with Crippen molar-refractivity contribution in [3.8, 4) is 0 Å². The van der Waals surface area contributed by atoms with Crippen molar-refractivity contribution < 1.29 is 9.53 Å². The Morgan fingerprint density at radius 2 is 2.50 bits per heavy atom. The van der Waals surface area contributed by atoms with E-state index in [4.69, 9.17) is 17.0 Å². The van der Waals surface area contributed by atoms with E-state index in [1.807, 2.05) is 24.4 Å². The number of rotatable bonds is 3. The predicted octanol–water partition coefficient (Wildman–Crippen LogP) is 2.29. The van der Waals surface area contributed by atoms with Crippen LogP contribution in [-0.4, -0.2) is 35.2 Å². The van der Waals surface area contributed by atoms with Gasteiger partial charge in [-0.2, -0.15) is 0 Å². The van der Waals surface area contributed by atoms with Gasteiger partial charge in [-0.1, -0.05) is 0 Å². The van der Waals surface area contributed by atoms with Crippen molar-refractivity contribution in [2.45, 2.75) is 25.9 Å². The summed E-state index contributed by atoms with van der Waals surface area (Å²) in [6.07, 6.45) is 4.05. The molecule has 4 nitrogen and oxygen atoms in total. The molecular formula is C14H16N2O2S2. The third-order valence-electron chi connectivity index (χ3n) is 3.55. The second-order valence-corrected chi connectivity index (χ2v) is 6.34. The lowest BCUT2D eigenvalue weighted by molar-refractivity contribution is -0.123. The van der Waals surface area contributed by atoms with Crippen LogP contribution < -0.4 is 5.32 Å². The molecule has 20 heavy (non-hydrogen) atoms. The van der Waals surface area contributed by atoms with Gasteiger partial charge in [-0.3, -0.25) is 9.69 Å². The lowest BCUT2D eigenvalue weighted by atomic mass is 10.2. The van der Waals surface area contributed by atoms with E-state index in [9.17, 15) is 4.79 Å². The van der Waals surface area contributed by atoms with Crippen LogP contribution in [0.5, 0.6) is 0 Å². The van der Waals surface area contributed by atoms with Crippen LogP contribution in [-0.2, 0) is 9.53 Å². The van der Waals surface area contributed by atoms with Gasteiger partial charge in [0.1, 0.15) is 5.70 Å². The third kappa shape index (κ3) is 2.63. The van der Waals surface area contributed by atoms with Gasteiger partial charge < -0.3 is 10.1 Å². The number of thiocarbonyl (C=S) groups is 1. The van der Waals surface area contributed by atoms with E-state index in [1.54, 1.807) is 16.2 Å². The first-order valence-corrected chi connectivity index (χ1v) is 7.94. The Morgan fingerprint density at radius 3 is 3.15 bits per heavy atom. The largest absolute Gasteiger partial charge is 0.376 e. The van der Waals surface area contributed by atoms with Gasteiger partial charge >= 0.3 is 0 Å². The Labute approximate surface area is 127 Å². The molecule has 6 heteroatoms. The molecule has 2 fully saturated rings. The summed E-state index contributed by atoms with van der Waals surface area (Å²) in [5, 5.41) is 5.51. The molecule has 0 aliphatic carbocycles. The summed E-state index contributed by atoms with van der Waals surface area (Å²) in [5.41, 5.74) is 1.72. The van der Waals surface area contributed by atoms with Crippen LogP contribution in [0.1, 0.15) is 23.3 Å². The van der Waals surface area contributed by atoms with Gasteiger partial charge in [0, 0.05) is 11.5 Å². The highest BCUT2D eigenvalue weighted by molar-refractivity contribution is 7.80. The Morgan fingerprint density at radius 1 is 1.65 bits per heavy atom. The molecule has 1 N–H and O–H groups in total. The molecule has 2 aliphatic rings. The lowest BCUT2D eigenvalue weighted by Crippen LogP contribution is -2.37. The zero-order chi connectivity index (χ0) is 14.1. The van der Waals surface area contributed by atoms with Crippen molar-refractivity contribution in [2.24, 2.45) is 0 Å². The summed E-state index contributed by atoms with van der Waals surface area (Å²) < 4.78 is 5.57. The molecule has 0 spiro atoms. The molecule has 2 saturated heterocycles. The summed E-state index contributed by atoms with van der Waals surface area (Å²) in [6.45, 7) is 3.36. The van der Waals surface area contributed by atoms with Crippen LogP contribution in [0.15, 0.2) is 17.1 Å². The van der Waals surface area contributed by atoms with E-state index in [0.29, 0.717) is 17.4 Å². The molecule has 0 saturated carbocycles. The molecule has 0 aromatic carbocycles. The number of aryl methyl sites for hydroxylation is 1. The molecule has 2 aliphatic heterocycles. The highest BCUT2D eigenvalue weighted by atomic mass is 32.1. The Balaban J connectivity index is 1.76. The van der Waals surface area contributed by atoms with Crippen LogP contribution in [0.4, 0.5) is 0 Å². The van der Waals surface area contributed by atoms with E-state index < -0.39 is 0 Å². The van der Waals surface area contributed by atoms with Crippen molar-refractivity contribution in [1.29, 1.82) is 0 Å². The fourth-order valence-electron chi connectivity index (χ4n) is 2.39. The first-order chi connectivity index (χ1) is 9.65. The van der Waals surface area contributed by atoms with Gasteiger partial charge in [-0.25, -0.2) is 0 Å². The average molecular weight is 308 g/mol. The SMILES string of the molecule is Cc1ccsc1/C=C1/NC(=S)N(CC2CCCO2)C1=O. The Kier molecular flexibility index (Phi) is 3.87. The van der Waals surface area contributed by atoms with E-state index in [-0.39, 0.29) is 12.0 Å². The fraction of sp³-hybridized carbons (Fsp3) is 0.429. The number of ether oxygens (including phenoxy) is 1. The highest BCUT2D eigenvalue weighted by Crippen LogP contribution is 2.22. The number of nitrogens with zero attached hydrogens (tertiary/aromatic N) is 1. The van der Waals surface area contributed by atoms with E-state index in [0.717, 1.165) is 24.3 Å². The maximum Gasteiger partial charge on any atom is 0.276 e. The second kappa shape index (κ2) is 5.63. The molecule has 1 amide bonds. The topological polar surface area (TPSA) is 41.6 Å². The highest BCUT2D eigenvalue weighted by Gasteiger charge is 2.33. The van der Waals surface area contributed by atoms with E-state index in [2.05, 4.69) is 5.32 Å². The van der Waals surface area contributed by atoms with Crippen molar-refractivity contribution in [3.05, 3.63) is 27.6 Å². The Hall–Kier alpha value is -1.24. The first kappa shape index (κ1) is 13.7. The minimum Gasteiger partial charge on any atom is -0.376 e. The molecule has 1 aromatic rings. The first-order valence-electron chi connectivity index (χ1n) is 6.65. The van der Waals surface area contributed by atoms with Crippen molar-refractivity contribution >= 4 is 40.7 Å². The summed E-state index contributed by atoms with van der Waals surface area (Å²) in [7, 11) is 0. The summed E-state index contributed by atoms with van der Waals surface area (Å²) in [6, 6.07) is 2.04. The molecule has 0 bridgehead atoms. The molecule has 1 unspecified atom stereocenters. The minimum atomic E-state index is -0.0571. The number of amides is 1. The maximum absolute atomic E-state index is 12.4. The molecule has 3 rings (SSSR count). The number of nitrogens with one attached hydrogen (secondary N) is 1. The van der Waals surface area contributed by atoms with Crippen LogP contribution >= 0.6 is 23.6 Å².